The second-order valence-corrected chi connectivity index (χ2v) is 4.33. The number of phenolic OH excluding ortho intramolecular Hbond substituents is 2. The van der Waals surface area contributed by atoms with E-state index in [0.29, 0.717) is 5.56 Å². The van der Waals surface area contributed by atoms with Gasteiger partial charge in [-0.25, -0.2) is 4.39 Å². The third-order valence-corrected chi connectivity index (χ3v) is 2.93. The van der Waals surface area contributed by atoms with Gasteiger partial charge < -0.3 is 20.5 Å². The Morgan fingerprint density at radius 1 is 1.14 bits per heavy atom. The number of anilines is 1. The van der Waals surface area contributed by atoms with Crippen molar-refractivity contribution in [3.8, 4) is 34.3 Å². The molecule has 1 heterocycles. The Morgan fingerprint density at radius 2 is 1.95 bits per heavy atom. The van der Waals surface area contributed by atoms with Crippen LogP contribution in [0.3, 0.4) is 0 Å². The van der Waals surface area contributed by atoms with E-state index in [9.17, 15) is 9.50 Å². The number of para-hydroxylation sites is 1. The van der Waals surface area contributed by atoms with E-state index in [0.717, 1.165) is 6.07 Å². The van der Waals surface area contributed by atoms with Gasteiger partial charge in [0.25, 0.3) is 5.89 Å². The number of phenols is 2. The monoisotopic (exact) mass is 287 g/mol. The molecule has 0 aliphatic heterocycles. The van der Waals surface area contributed by atoms with Gasteiger partial charge in [-0.2, -0.15) is 4.98 Å². The van der Waals surface area contributed by atoms with Gasteiger partial charge in [0.2, 0.25) is 5.82 Å². The molecule has 0 spiro atoms. The van der Waals surface area contributed by atoms with Gasteiger partial charge in [-0.15, -0.1) is 0 Å². The molecule has 4 N–H and O–H groups in total. The summed E-state index contributed by atoms with van der Waals surface area (Å²) >= 11 is 0. The number of nitrogens with zero attached hydrogens (tertiary/aromatic N) is 2. The molecule has 21 heavy (non-hydrogen) atoms. The van der Waals surface area contributed by atoms with Crippen molar-refractivity contribution in [3.05, 3.63) is 42.2 Å². The van der Waals surface area contributed by atoms with Crippen LogP contribution in [0, 0.1) is 5.82 Å². The number of aromatic hydroxyl groups is 2. The number of benzene rings is 2. The maximum absolute atomic E-state index is 13.3. The molecule has 3 aromatic rings. The first-order valence-electron chi connectivity index (χ1n) is 5.96. The Hall–Kier alpha value is -3.09. The Balaban J connectivity index is 2.03. The van der Waals surface area contributed by atoms with Crippen LogP contribution in [0.5, 0.6) is 11.5 Å². The van der Waals surface area contributed by atoms with Crippen LogP contribution >= 0.6 is 0 Å². The molecule has 0 bridgehead atoms. The van der Waals surface area contributed by atoms with E-state index in [2.05, 4.69) is 10.1 Å². The largest absolute Gasteiger partial charge is 0.505 e. The van der Waals surface area contributed by atoms with E-state index in [1.165, 1.54) is 18.2 Å². The van der Waals surface area contributed by atoms with Gasteiger partial charge in [0.1, 0.15) is 0 Å². The number of nitrogen functional groups attached to an aromatic ring is 1. The van der Waals surface area contributed by atoms with Crippen molar-refractivity contribution in [1.82, 2.24) is 10.1 Å². The summed E-state index contributed by atoms with van der Waals surface area (Å²) < 4.78 is 18.4. The van der Waals surface area contributed by atoms with E-state index in [1.807, 2.05) is 0 Å². The Labute approximate surface area is 118 Å². The van der Waals surface area contributed by atoms with Gasteiger partial charge in [-0.1, -0.05) is 11.2 Å². The smallest absolute Gasteiger partial charge is 0.262 e. The van der Waals surface area contributed by atoms with Crippen molar-refractivity contribution < 1.29 is 19.1 Å². The van der Waals surface area contributed by atoms with Crippen molar-refractivity contribution in [3.63, 3.8) is 0 Å². The standard InChI is InChI=1S/C14H10FN3O3/c15-9-6-7(4-5-11(9)19)13-17-14(21-18-13)8-2-1-3-10(16)12(8)20/h1-6,19-20H,16H2. The maximum Gasteiger partial charge on any atom is 0.262 e. The highest BCUT2D eigenvalue weighted by molar-refractivity contribution is 5.72. The fourth-order valence-corrected chi connectivity index (χ4v) is 1.83. The van der Waals surface area contributed by atoms with Gasteiger partial charge in [0, 0.05) is 5.56 Å². The SMILES string of the molecule is Nc1cccc(-c2nc(-c3ccc(O)c(F)c3)no2)c1O. The molecule has 0 saturated carbocycles. The normalized spacial score (nSPS) is 10.7. The number of halogens is 1. The van der Waals surface area contributed by atoms with Crippen LogP contribution in [0.1, 0.15) is 0 Å². The average Bonchev–Trinajstić information content (AvgIpc) is 2.94. The van der Waals surface area contributed by atoms with Crippen molar-refractivity contribution in [1.29, 1.82) is 0 Å². The molecule has 0 radical (unpaired) electrons. The van der Waals surface area contributed by atoms with Crippen molar-refractivity contribution in [2.75, 3.05) is 5.73 Å². The lowest BCUT2D eigenvalue weighted by atomic mass is 10.1. The summed E-state index contributed by atoms with van der Waals surface area (Å²) in [6.45, 7) is 0. The van der Waals surface area contributed by atoms with Crippen LogP contribution in [0.2, 0.25) is 0 Å². The summed E-state index contributed by atoms with van der Waals surface area (Å²) in [5.74, 6) is -1.22. The van der Waals surface area contributed by atoms with Crippen LogP contribution in [0.4, 0.5) is 10.1 Å². The number of nitrogens with two attached hydrogens (primary N) is 1. The third kappa shape index (κ3) is 2.25. The highest BCUT2D eigenvalue weighted by Gasteiger charge is 2.16. The average molecular weight is 287 g/mol. The first kappa shape index (κ1) is 12.9. The van der Waals surface area contributed by atoms with Crippen LogP contribution < -0.4 is 5.73 Å². The zero-order chi connectivity index (χ0) is 15.0. The van der Waals surface area contributed by atoms with Gasteiger partial charge in [0.05, 0.1) is 11.3 Å². The highest BCUT2D eigenvalue weighted by atomic mass is 19.1. The molecule has 0 atom stereocenters. The van der Waals surface area contributed by atoms with Gasteiger partial charge in [0.15, 0.2) is 17.3 Å². The third-order valence-electron chi connectivity index (χ3n) is 2.93. The van der Waals surface area contributed by atoms with Crippen LogP contribution in [-0.2, 0) is 0 Å². The Bertz CT molecular complexity index is 817. The summed E-state index contributed by atoms with van der Waals surface area (Å²) in [5, 5.41) is 22.7. The summed E-state index contributed by atoms with van der Waals surface area (Å²) in [6.07, 6.45) is 0. The van der Waals surface area contributed by atoms with Gasteiger partial charge in [-0.3, -0.25) is 0 Å². The van der Waals surface area contributed by atoms with Crippen LogP contribution in [-0.4, -0.2) is 20.4 Å². The zero-order valence-corrected chi connectivity index (χ0v) is 10.6. The minimum atomic E-state index is -0.786. The van der Waals surface area contributed by atoms with E-state index >= 15 is 0 Å². The Morgan fingerprint density at radius 3 is 2.71 bits per heavy atom. The van der Waals surface area contributed by atoms with Crippen molar-refractivity contribution in [2.24, 2.45) is 0 Å². The molecule has 7 heteroatoms. The number of hydrogen-bond acceptors (Lipinski definition) is 6. The Kier molecular flexibility index (Phi) is 2.94. The maximum atomic E-state index is 13.3. The van der Waals surface area contributed by atoms with Gasteiger partial charge >= 0.3 is 0 Å². The number of aromatic nitrogens is 2. The summed E-state index contributed by atoms with van der Waals surface area (Å²) in [5.41, 5.74) is 6.40. The van der Waals surface area contributed by atoms with Crippen molar-refractivity contribution in [2.45, 2.75) is 0 Å². The number of rotatable bonds is 2. The molecule has 0 aliphatic rings. The molecule has 0 aliphatic carbocycles. The fraction of sp³-hybridized carbons (Fsp3) is 0. The predicted octanol–water partition coefficient (Wildman–Crippen LogP) is 2.54. The molecule has 2 aromatic carbocycles. The summed E-state index contributed by atoms with van der Waals surface area (Å²) in [6, 6.07) is 8.47. The highest BCUT2D eigenvalue weighted by Crippen LogP contribution is 2.33. The summed E-state index contributed by atoms with van der Waals surface area (Å²) in [7, 11) is 0. The lowest BCUT2D eigenvalue weighted by Gasteiger charge is -2.01. The minimum absolute atomic E-state index is 0.0586. The van der Waals surface area contributed by atoms with Crippen LogP contribution in [0.25, 0.3) is 22.8 Å². The molecule has 0 saturated heterocycles. The zero-order valence-electron chi connectivity index (χ0n) is 10.6. The molecule has 0 fully saturated rings. The summed E-state index contributed by atoms with van der Waals surface area (Å²) in [4.78, 5) is 4.08. The van der Waals surface area contributed by atoms with E-state index in [4.69, 9.17) is 15.4 Å². The van der Waals surface area contributed by atoms with Crippen LogP contribution in [0.15, 0.2) is 40.9 Å². The predicted molar refractivity (Wildman–Crippen MR) is 72.9 cm³/mol. The first-order chi connectivity index (χ1) is 10.1. The first-order valence-corrected chi connectivity index (χ1v) is 5.96. The van der Waals surface area contributed by atoms with E-state index < -0.39 is 11.6 Å². The topological polar surface area (TPSA) is 105 Å². The quantitative estimate of drug-likeness (QED) is 0.494. The molecule has 0 unspecified atom stereocenters. The fourth-order valence-electron chi connectivity index (χ4n) is 1.83. The lowest BCUT2D eigenvalue weighted by Crippen LogP contribution is -1.88. The molecule has 6 nitrogen and oxygen atoms in total. The van der Waals surface area contributed by atoms with E-state index in [-0.39, 0.29) is 28.7 Å². The van der Waals surface area contributed by atoms with E-state index in [1.54, 1.807) is 12.1 Å². The van der Waals surface area contributed by atoms with Crippen molar-refractivity contribution >= 4 is 5.69 Å². The second kappa shape index (κ2) is 4.78. The second-order valence-electron chi connectivity index (χ2n) is 4.33. The molecular formula is C14H10FN3O3. The molecule has 0 amide bonds. The molecule has 1 aromatic heterocycles. The van der Waals surface area contributed by atoms with Gasteiger partial charge in [-0.05, 0) is 30.3 Å². The lowest BCUT2D eigenvalue weighted by molar-refractivity contribution is 0.425. The molecule has 106 valence electrons. The number of hydrogen-bond donors (Lipinski definition) is 3. The molecular weight excluding hydrogens is 277 g/mol. The molecule has 3 rings (SSSR count). The minimum Gasteiger partial charge on any atom is -0.505 e.